The third-order valence-electron chi connectivity index (χ3n) is 6.61. The molecule has 2 aromatic rings. The Balaban J connectivity index is 1.57. The second-order valence-electron chi connectivity index (χ2n) is 8.82. The molecule has 4 rings (SSSR count). The molecule has 0 bridgehead atoms. The Labute approximate surface area is 200 Å². The quantitative estimate of drug-likeness (QED) is 0.636. The van der Waals surface area contributed by atoms with Crippen molar-refractivity contribution in [2.45, 2.75) is 25.2 Å². The highest BCUT2D eigenvalue weighted by Crippen LogP contribution is 2.39. The number of piperidine rings is 1. The Bertz CT molecular complexity index is 1050. The number of carbonyl (C=O) groups excluding carboxylic acids is 2. The van der Waals surface area contributed by atoms with E-state index in [1.165, 1.54) is 0 Å². The van der Waals surface area contributed by atoms with Gasteiger partial charge in [0.15, 0.2) is 11.5 Å². The maximum absolute atomic E-state index is 13.4. The number of anilines is 1. The minimum atomic E-state index is -0.360. The highest BCUT2D eigenvalue weighted by atomic mass is 16.5. The predicted molar refractivity (Wildman–Crippen MR) is 128 cm³/mol. The number of benzene rings is 2. The summed E-state index contributed by atoms with van der Waals surface area (Å²) < 4.78 is 21.5. The zero-order valence-corrected chi connectivity index (χ0v) is 20.1. The van der Waals surface area contributed by atoms with Gasteiger partial charge in [0, 0.05) is 31.0 Å². The van der Waals surface area contributed by atoms with Crippen molar-refractivity contribution < 1.29 is 28.5 Å². The Morgan fingerprint density at radius 3 is 2.21 bits per heavy atom. The standard InChI is InChI=1S/C26H32N2O6/c1-31-20-8-9-21(23(13-20)33-3)27-25(29)19-11-18(14-28(15-19)26(30)16-5-6-16)17-7-10-22(32-2)24(12-17)34-4/h7-10,12-13,16,18-19H,5-6,11,14-15H2,1-4H3,(H,27,29). The van der Waals surface area contributed by atoms with Crippen LogP contribution < -0.4 is 24.3 Å². The zero-order chi connectivity index (χ0) is 24.2. The summed E-state index contributed by atoms with van der Waals surface area (Å²) in [5.41, 5.74) is 1.59. The molecule has 1 aliphatic heterocycles. The third-order valence-corrected chi connectivity index (χ3v) is 6.61. The Hall–Kier alpha value is -3.42. The topological polar surface area (TPSA) is 86.3 Å². The highest BCUT2D eigenvalue weighted by molar-refractivity contribution is 5.95. The number of methoxy groups -OCH3 is 4. The van der Waals surface area contributed by atoms with E-state index in [2.05, 4.69) is 5.32 Å². The molecule has 34 heavy (non-hydrogen) atoms. The van der Waals surface area contributed by atoms with Crippen molar-refractivity contribution in [3.63, 3.8) is 0 Å². The van der Waals surface area contributed by atoms with Crippen LogP contribution in [0.4, 0.5) is 5.69 Å². The Kier molecular flexibility index (Phi) is 7.14. The first-order valence-electron chi connectivity index (χ1n) is 11.5. The second-order valence-corrected chi connectivity index (χ2v) is 8.82. The van der Waals surface area contributed by atoms with Crippen molar-refractivity contribution in [3.8, 4) is 23.0 Å². The van der Waals surface area contributed by atoms with Gasteiger partial charge in [-0.2, -0.15) is 0 Å². The van der Waals surface area contributed by atoms with Gasteiger partial charge in [0.2, 0.25) is 11.8 Å². The summed E-state index contributed by atoms with van der Waals surface area (Å²) in [6.45, 7) is 0.990. The van der Waals surface area contributed by atoms with E-state index in [1.807, 2.05) is 23.1 Å². The summed E-state index contributed by atoms with van der Waals surface area (Å²) in [6, 6.07) is 11.1. The Morgan fingerprint density at radius 1 is 0.824 bits per heavy atom. The van der Waals surface area contributed by atoms with Crippen molar-refractivity contribution in [2.75, 3.05) is 46.8 Å². The van der Waals surface area contributed by atoms with Crippen LogP contribution in [-0.2, 0) is 9.59 Å². The van der Waals surface area contributed by atoms with E-state index in [4.69, 9.17) is 18.9 Å². The largest absolute Gasteiger partial charge is 0.497 e. The van der Waals surface area contributed by atoms with Gasteiger partial charge < -0.3 is 29.2 Å². The summed E-state index contributed by atoms with van der Waals surface area (Å²) in [7, 11) is 6.33. The fourth-order valence-corrected chi connectivity index (χ4v) is 4.54. The summed E-state index contributed by atoms with van der Waals surface area (Å²) >= 11 is 0. The third kappa shape index (κ3) is 5.05. The summed E-state index contributed by atoms with van der Waals surface area (Å²) in [5.74, 6) is 2.18. The van der Waals surface area contributed by atoms with E-state index in [9.17, 15) is 9.59 Å². The lowest BCUT2D eigenvalue weighted by atomic mass is 9.83. The van der Waals surface area contributed by atoms with Gasteiger partial charge in [0.1, 0.15) is 11.5 Å². The molecule has 182 valence electrons. The number of ether oxygens (including phenoxy) is 4. The molecule has 0 spiro atoms. The maximum Gasteiger partial charge on any atom is 0.229 e. The number of amides is 2. The van der Waals surface area contributed by atoms with Crippen LogP contribution in [-0.4, -0.2) is 58.2 Å². The molecule has 1 heterocycles. The van der Waals surface area contributed by atoms with Crippen molar-refractivity contribution in [1.82, 2.24) is 4.90 Å². The first-order valence-corrected chi connectivity index (χ1v) is 11.5. The van der Waals surface area contributed by atoms with Crippen LogP contribution in [0.3, 0.4) is 0 Å². The smallest absolute Gasteiger partial charge is 0.229 e. The average Bonchev–Trinajstić information content (AvgIpc) is 3.73. The fourth-order valence-electron chi connectivity index (χ4n) is 4.54. The first-order chi connectivity index (χ1) is 16.5. The van der Waals surface area contributed by atoms with E-state index >= 15 is 0 Å². The molecule has 2 amide bonds. The monoisotopic (exact) mass is 468 g/mol. The van der Waals surface area contributed by atoms with E-state index in [0.717, 1.165) is 18.4 Å². The fraction of sp³-hybridized carbons (Fsp3) is 0.462. The van der Waals surface area contributed by atoms with Crippen molar-refractivity contribution >= 4 is 17.5 Å². The number of nitrogens with one attached hydrogen (secondary N) is 1. The molecule has 1 N–H and O–H groups in total. The van der Waals surface area contributed by atoms with E-state index < -0.39 is 0 Å². The first kappa shape index (κ1) is 23.7. The number of rotatable bonds is 8. The molecule has 2 fully saturated rings. The Morgan fingerprint density at radius 2 is 1.56 bits per heavy atom. The van der Waals surface area contributed by atoms with E-state index in [-0.39, 0.29) is 29.6 Å². The van der Waals surface area contributed by atoms with Gasteiger partial charge >= 0.3 is 0 Å². The van der Waals surface area contributed by atoms with Crippen LogP contribution in [0.25, 0.3) is 0 Å². The van der Waals surface area contributed by atoms with Gasteiger partial charge in [-0.3, -0.25) is 9.59 Å². The molecule has 1 saturated carbocycles. The molecule has 1 saturated heterocycles. The zero-order valence-electron chi connectivity index (χ0n) is 20.1. The normalized spacial score (nSPS) is 19.8. The molecule has 1 aliphatic carbocycles. The van der Waals surface area contributed by atoms with Gasteiger partial charge in [-0.15, -0.1) is 0 Å². The van der Waals surface area contributed by atoms with Gasteiger partial charge in [0.25, 0.3) is 0 Å². The van der Waals surface area contributed by atoms with Crippen molar-refractivity contribution in [1.29, 1.82) is 0 Å². The number of hydrogen-bond acceptors (Lipinski definition) is 6. The van der Waals surface area contributed by atoms with Crippen molar-refractivity contribution in [2.24, 2.45) is 11.8 Å². The minimum absolute atomic E-state index is 0.00442. The second kappa shape index (κ2) is 10.2. The number of hydrogen-bond donors (Lipinski definition) is 1. The molecule has 2 unspecified atom stereocenters. The molecule has 0 aromatic heterocycles. The number of likely N-dealkylation sites (tertiary alicyclic amines) is 1. The van der Waals surface area contributed by atoms with Crippen molar-refractivity contribution in [3.05, 3.63) is 42.0 Å². The maximum atomic E-state index is 13.4. The van der Waals surface area contributed by atoms with Gasteiger partial charge in [-0.1, -0.05) is 6.07 Å². The SMILES string of the molecule is COc1ccc(NC(=O)C2CC(c3ccc(OC)c(OC)c3)CN(C(=O)C3CC3)C2)c(OC)c1. The van der Waals surface area contributed by atoms with Gasteiger partial charge in [-0.05, 0) is 49.1 Å². The average molecular weight is 469 g/mol. The van der Waals surface area contributed by atoms with Crippen LogP contribution in [0.15, 0.2) is 36.4 Å². The number of carbonyl (C=O) groups is 2. The van der Waals surface area contributed by atoms with Gasteiger partial charge in [0.05, 0.1) is 40.0 Å². The molecule has 8 heteroatoms. The van der Waals surface area contributed by atoms with Crippen LogP contribution in [0, 0.1) is 11.8 Å². The predicted octanol–water partition coefficient (Wildman–Crippen LogP) is 3.70. The molecule has 0 radical (unpaired) electrons. The van der Waals surface area contributed by atoms with Crippen LogP contribution in [0.1, 0.15) is 30.7 Å². The van der Waals surface area contributed by atoms with Crippen LogP contribution in [0.5, 0.6) is 23.0 Å². The lowest BCUT2D eigenvalue weighted by Crippen LogP contribution is -2.47. The van der Waals surface area contributed by atoms with Crippen LogP contribution in [0.2, 0.25) is 0 Å². The molecule has 2 aliphatic rings. The van der Waals surface area contributed by atoms with E-state index in [1.54, 1.807) is 46.6 Å². The number of nitrogens with zero attached hydrogens (tertiary/aromatic N) is 1. The summed E-state index contributed by atoms with van der Waals surface area (Å²) in [6.07, 6.45) is 2.47. The molecule has 8 nitrogen and oxygen atoms in total. The lowest BCUT2D eigenvalue weighted by molar-refractivity contribution is -0.136. The molecular weight excluding hydrogens is 436 g/mol. The summed E-state index contributed by atoms with van der Waals surface area (Å²) in [5, 5.41) is 3.00. The molecule has 2 aromatic carbocycles. The van der Waals surface area contributed by atoms with E-state index in [0.29, 0.717) is 48.2 Å². The molecule has 2 atom stereocenters. The minimum Gasteiger partial charge on any atom is -0.497 e. The molecular formula is C26H32N2O6. The highest BCUT2D eigenvalue weighted by Gasteiger charge is 2.40. The van der Waals surface area contributed by atoms with Crippen LogP contribution >= 0.6 is 0 Å². The van der Waals surface area contributed by atoms with Gasteiger partial charge in [-0.25, -0.2) is 0 Å². The summed E-state index contributed by atoms with van der Waals surface area (Å²) in [4.78, 5) is 28.2. The lowest BCUT2D eigenvalue weighted by Gasteiger charge is -2.38.